The quantitative estimate of drug-likeness (QED) is 0.883. The van der Waals surface area contributed by atoms with Gasteiger partial charge in [-0.2, -0.15) is 0 Å². The maximum atomic E-state index is 11.8. The zero-order chi connectivity index (χ0) is 13.2. The summed E-state index contributed by atoms with van der Waals surface area (Å²) in [5.74, 6) is 0.889. The van der Waals surface area contributed by atoms with Gasteiger partial charge < -0.3 is 5.32 Å². The molecule has 1 N–H and O–H groups in total. The topological polar surface area (TPSA) is 72.0 Å². The normalized spacial score (nSPS) is 20.9. The summed E-state index contributed by atoms with van der Waals surface area (Å²) >= 11 is 0. The van der Waals surface area contributed by atoms with Gasteiger partial charge in [-0.1, -0.05) is 6.92 Å². The first kappa shape index (κ1) is 13.4. The largest absolute Gasteiger partial charge is 0.316 e. The third kappa shape index (κ3) is 2.87. The summed E-state index contributed by atoms with van der Waals surface area (Å²) in [5, 5.41) is 3.29. The molecule has 1 aromatic heterocycles. The second-order valence-corrected chi connectivity index (χ2v) is 6.69. The van der Waals surface area contributed by atoms with Crippen molar-refractivity contribution in [3.05, 3.63) is 17.7 Å². The highest BCUT2D eigenvalue weighted by molar-refractivity contribution is 7.90. The predicted octanol–water partition coefficient (Wildman–Crippen LogP) is 0.909. The molecule has 1 atom stereocenters. The highest BCUT2D eigenvalue weighted by Crippen LogP contribution is 2.27. The molecular formula is C12H19N3O2S. The smallest absolute Gasteiger partial charge is 0.178 e. The highest BCUT2D eigenvalue weighted by atomic mass is 32.2. The van der Waals surface area contributed by atoms with Gasteiger partial charge >= 0.3 is 0 Å². The molecule has 0 saturated carbocycles. The summed E-state index contributed by atoms with van der Waals surface area (Å²) in [7, 11) is -3.26. The van der Waals surface area contributed by atoms with Crippen LogP contribution in [0, 0.1) is 0 Å². The Balaban J connectivity index is 2.46. The molecular weight excluding hydrogens is 250 g/mol. The molecule has 2 heterocycles. The van der Waals surface area contributed by atoms with E-state index in [4.69, 9.17) is 0 Å². The van der Waals surface area contributed by atoms with E-state index in [0.717, 1.165) is 32.4 Å². The molecule has 0 amide bonds. The molecule has 1 aromatic rings. The first-order valence-electron chi connectivity index (χ1n) is 6.29. The summed E-state index contributed by atoms with van der Waals surface area (Å²) in [5.41, 5.74) is 0.691. The SMILES string of the molecule is CCc1ncc(S(C)(=O)=O)c([C@H]2CCCNC2)n1. The van der Waals surface area contributed by atoms with Gasteiger partial charge in [0, 0.05) is 31.3 Å². The Morgan fingerprint density at radius 3 is 2.83 bits per heavy atom. The molecule has 0 bridgehead atoms. The van der Waals surface area contributed by atoms with Crippen LogP contribution in [0.1, 0.15) is 37.2 Å². The van der Waals surface area contributed by atoms with E-state index in [1.807, 2.05) is 6.92 Å². The van der Waals surface area contributed by atoms with Crippen molar-refractivity contribution in [1.82, 2.24) is 15.3 Å². The van der Waals surface area contributed by atoms with Gasteiger partial charge in [-0.05, 0) is 19.4 Å². The van der Waals surface area contributed by atoms with Gasteiger partial charge in [0.25, 0.3) is 0 Å². The monoisotopic (exact) mass is 269 g/mol. The van der Waals surface area contributed by atoms with E-state index in [2.05, 4.69) is 15.3 Å². The number of rotatable bonds is 3. The molecule has 0 aromatic carbocycles. The van der Waals surface area contributed by atoms with Crippen molar-refractivity contribution in [2.75, 3.05) is 19.3 Å². The van der Waals surface area contributed by atoms with Gasteiger partial charge in [0.05, 0.1) is 5.69 Å². The molecule has 6 heteroatoms. The number of nitrogens with one attached hydrogen (secondary N) is 1. The van der Waals surface area contributed by atoms with Gasteiger partial charge in [0.2, 0.25) is 0 Å². The average molecular weight is 269 g/mol. The minimum atomic E-state index is -3.26. The maximum absolute atomic E-state index is 11.8. The molecule has 1 aliphatic rings. The summed E-state index contributed by atoms with van der Waals surface area (Å²) in [6.45, 7) is 3.76. The lowest BCUT2D eigenvalue weighted by Gasteiger charge is -2.23. The number of aromatic nitrogens is 2. The standard InChI is InChI=1S/C12H19N3O2S/c1-3-11-14-8-10(18(2,16)17)12(15-11)9-5-4-6-13-7-9/h8-9,13H,3-7H2,1-2H3/t9-/m0/s1. The first-order valence-corrected chi connectivity index (χ1v) is 8.18. The molecule has 1 saturated heterocycles. The second-order valence-electron chi connectivity index (χ2n) is 4.70. The second kappa shape index (κ2) is 5.32. The average Bonchev–Trinajstić information content (AvgIpc) is 2.38. The number of sulfone groups is 1. The number of hydrogen-bond donors (Lipinski definition) is 1. The van der Waals surface area contributed by atoms with Crippen LogP contribution in [0.2, 0.25) is 0 Å². The fraction of sp³-hybridized carbons (Fsp3) is 0.667. The van der Waals surface area contributed by atoms with Crippen LogP contribution in [0.5, 0.6) is 0 Å². The molecule has 100 valence electrons. The Labute approximate surface area is 108 Å². The molecule has 5 nitrogen and oxygen atoms in total. The van der Waals surface area contributed by atoms with Crippen LogP contribution in [0.15, 0.2) is 11.1 Å². The summed E-state index contributed by atoms with van der Waals surface area (Å²) in [6.07, 6.45) is 5.44. The van der Waals surface area contributed by atoms with Crippen LogP contribution in [-0.2, 0) is 16.3 Å². The third-order valence-electron chi connectivity index (χ3n) is 3.23. The van der Waals surface area contributed by atoms with Crippen LogP contribution in [0.3, 0.4) is 0 Å². The first-order chi connectivity index (χ1) is 8.52. The Morgan fingerprint density at radius 2 is 2.28 bits per heavy atom. The van der Waals surface area contributed by atoms with Crippen molar-refractivity contribution in [2.24, 2.45) is 0 Å². The van der Waals surface area contributed by atoms with E-state index in [0.29, 0.717) is 11.5 Å². The Bertz CT molecular complexity index is 522. The van der Waals surface area contributed by atoms with Gasteiger partial charge in [-0.15, -0.1) is 0 Å². The Hall–Kier alpha value is -1.01. The third-order valence-corrected chi connectivity index (χ3v) is 4.35. The molecule has 2 rings (SSSR count). The molecule has 0 unspecified atom stereocenters. The molecule has 1 aliphatic heterocycles. The van der Waals surface area contributed by atoms with Crippen LogP contribution >= 0.6 is 0 Å². The van der Waals surface area contributed by atoms with Crippen LogP contribution < -0.4 is 5.32 Å². The van der Waals surface area contributed by atoms with E-state index < -0.39 is 9.84 Å². The summed E-state index contributed by atoms with van der Waals surface area (Å²) < 4.78 is 23.6. The minimum absolute atomic E-state index is 0.178. The van der Waals surface area contributed by atoms with E-state index in [1.165, 1.54) is 12.5 Å². The van der Waals surface area contributed by atoms with Crippen molar-refractivity contribution in [3.63, 3.8) is 0 Å². The van der Waals surface area contributed by atoms with Crippen molar-refractivity contribution >= 4 is 9.84 Å². The number of piperidine rings is 1. The van der Waals surface area contributed by atoms with Gasteiger partial charge in [0.1, 0.15) is 10.7 Å². The maximum Gasteiger partial charge on any atom is 0.178 e. The van der Waals surface area contributed by atoms with Crippen molar-refractivity contribution in [2.45, 2.75) is 37.0 Å². The highest BCUT2D eigenvalue weighted by Gasteiger charge is 2.24. The van der Waals surface area contributed by atoms with E-state index >= 15 is 0 Å². The number of nitrogens with zero attached hydrogens (tertiary/aromatic N) is 2. The zero-order valence-electron chi connectivity index (χ0n) is 10.8. The van der Waals surface area contributed by atoms with E-state index in [1.54, 1.807) is 0 Å². The Kier molecular flexibility index (Phi) is 3.97. The summed E-state index contributed by atoms with van der Waals surface area (Å²) in [4.78, 5) is 8.85. The molecule has 18 heavy (non-hydrogen) atoms. The zero-order valence-corrected chi connectivity index (χ0v) is 11.6. The van der Waals surface area contributed by atoms with Crippen molar-refractivity contribution in [1.29, 1.82) is 0 Å². The van der Waals surface area contributed by atoms with Crippen LogP contribution in [0.25, 0.3) is 0 Å². The van der Waals surface area contributed by atoms with Gasteiger partial charge in [0.15, 0.2) is 9.84 Å². The van der Waals surface area contributed by atoms with E-state index in [-0.39, 0.29) is 10.8 Å². The lowest BCUT2D eigenvalue weighted by Crippen LogP contribution is -2.30. The minimum Gasteiger partial charge on any atom is -0.316 e. The predicted molar refractivity (Wildman–Crippen MR) is 69.4 cm³/mol. The van der Waals surface area contributed by atoms with Crippen LogP contribution in [0.4, 0.5) is 0 Å². The lowest BCUT2D eigenvalue weighted by molar-refractivity contribution is 0.446. The number of hydrogen-bond acceptors (Lipinski definition) is 5. The fourth-order valence-corrected chi connectivity index (χ4v) is 3.09. The molecule has 1 fully saturated rings. The lowest BCUT2D eigenvalue weighted by atomic mass is 9.96. The van der Waals surface area contributed by atoms with Gasteiger partial charge in [-0.3, -0.25) is 0 Å². The molecule has 0 radical (unpaired) electrons. The Morgan fingerprint density at radius 1 is 1.50 bits per heavy atom. The summed E-state index contributed by atoms with van der Waals surface area (Å²) in [6, 6.07) is 0. The van der Waals surface area contributed by atoms with Crippen molar-refractivity contribution < 1.29 is 8.42 Å². The van der Waals surface area contributed by atoms with Gasteiger partial charge in [-0.25, -0.2) is 18.4 Å². The number of aryl methyl sites for hydroxylation is 1. The fourth-order valence-electron chi connectivity index (χ4n) is 2.26. The van der Waals surface area contributed by atoms with Crippen molar-refractivity contribution in [3.8, 4) is 0 Å². The van der Waals surface area contributed by atoms with Crippen LogP contribution in [-0.4, -0.2) is 37.7 Å². The van der Waals surface area contributed by atoms with E-state index in [9.17, 15) is 8.42 Å². The molecule has 0 spiro atoms. The molecule has 0 aliphatic carbocycles.